The molecule has 0 fully saturated rings. The maximum absolute atomic E-state index is 10.3. The van der Waals surface area contributed by atoms with Crippen LogP contribution in [0.5, 0.6) is 0 Å². The van der Waals surface area contributed by atoms with E-state index in [-0.39, 0.29) is 29.7 Å². The van der Waals surface area contributed by atoms with Crippen LogP contribution in [-0.2, 0) is 4.79 Å². The van der Waals surface area contributed by atoms with Crippen LogP contribution in [0.25, 0.3) is 0 Å². The first-order chi connectivity index (χ1) is 5.91. The zero-order valence-corrected chi connectivity index (χ0v) is 7.90. The molecule has 0 unspecified atom stereocenters. The number of aliphatic carboxylic acids is 1. The quantitative estimate of drug-likeness (QED) is 0.505. The predicted octanol–water partition coefficient (Wildman–Crippen LogP) is 1.40. The van der Waals surface area contributed by atoms with Crippen molar-refractivity contribution in [1.29, 1.82) is 0 Å². The summed E-state index contributed by atoms with van der Waals surface area (Å²) < 4.78 is 0. The average Bonchev–Trinajstić information content (AvgIpc) is 1.80. The smallest absolute Gasteiger partial charge is 0.303 e. The molecule has 0 aromatic rings. The van der Waals surface area contributed by atoms with E-state index in [0.29, 0.717) is 6.42 Å². The van der Waals surface area contributed by atoms with E-state index in [1.165, 1.54) is 0 Å². The summed E-state index contributed by atoms with van der Waals surface area (Å²) >= 11 is 0. The van der Waals surface area contributed by atoms with Gasteiger partial charge in [-0.2, -0.15) is 0 Å². The van der Waals surface area contributed by atoms with Crippen molar-refractivity contribution in [2.24, 2.45) is 11.8 Å². The number of rotatable bonds is 6. The zero-order valence-electron chi connectivity index (χ0n) is 7.90. The molecule has 0 aliphatic carbocycles. The van der Waals surface area contributed by atoms with Crippen LogP contribution in [0.3, 0.4) is 0 Å². The number of carboxylic acids is 1. The summed E-state index contributed by atoms with van der Waals surface area (Å²) in [5.41, 5.74) is 0. The van der Waals surface area contributed by atoms with E-state index in [1.807, 2.05) is 0 Å². The van der Waals surface area contributed by atoms with E-state index >= 15 is 0 Å². The lowest BCUT2D eigenvalue weighted by molar-refractivity contribution is -0.487. The minimum Gasteiger partial charge on any atom is -0.481 e. The van der Waals surface area contributed by atoms with E-state index in [9.17, 15) is 14.9 Å². The van der Waals surface area contributed by atoms with Gasteiger partial charge in [-0.3, -0.25) is 14.9 Å². The summed E-state index contributed by atoms with van der Waals surface area (Å²) in [5.74, 6) is -0.891. The summed E-state index contributed by atoms with van der Waals surface area (Å²) in [6.45, 7) is 3.48. The summed E-state index contributed by atoms with van der Waals surface area (Å²) in [7, 11) is 0. The van der Waals surface area contributed by atoms with Crippen LogP contribution < -0.4 is 0 Å². The fourth-order valence-electron chi connectivity index (χ4n) is 1.40. The van der Waals surface area contributed by atoms with Gasteiger partial charge in [0.1, 0.15) is 0 Å². The zero-order chi connectivity index (χ0) is 10.4. The second kappa shape index (κ2) is 5.50. The minimum atomic E-state index is -0.846. The summed E-state index contributed by atoms with van der Waals surface area (Å²) in [6.07, 6.45) is 0.676. The van der Waals surface area contributed by atoms with Gasteiger partial charge in [0.25, 0.3) is 0 Å². The molecule has 0 heterocycles. The average molecular weight is 189 g/mol. The molecule has 0 aliphatic heterocycles. The summed E-state index contributed by atoms with van der Waals surface area (Å²) in [6, 6.07) is 0. The highest BCUT2D eigenvalue weighted by atomic mass is 16.6. The Hall–Kier alpha value is -1.13. The van der Waals surface area contributed by atoms with Crippen molar-refractivity contribution in [3.8, 4) is 0 Å². The Labute approximate surface area is 76.9 Å². The van der Waals surface area contributed by atoms with Crippen molar-refractivity contribution in [2.45, 2.75) is 26.7 Å². The molecular formula is C8H15NO4. The lowest BCUT2D eigenvalue weighted by atomic mass is 9.95. The van der Waals surface area contributed by atoms with Crippen LogP contribution in [0.15, 0.2) is 0 Å². The van der Waals surface area contributed by atoms with Gasteiger partial charge in [-0.1, -0.05) is 13.8 Å². The van der Waals surface area contributed by atoms with E-state index in [0.717, 1.165) is 0 Å². The maximum Gasteiger partial charge on any atom is 0.303 e. The van der Waals surface area contributed by atoms with E-state index in [4.69, 9.17) is 5.11 Å². The maximum atomic E-state index is 10.3. The van der Waals surface area contributed by atoms with Crippen molar-refractivity contribution in [3.63, 3.8) is 0 Å². The Balaban J connectivity index is 3.70. The number of nitrogens with zero attached hydrogens (tertiary/aromatic N) is 1. The van der Waals surface area contributed by atoms with Gasteiger partial charge >= 0.3 is 5.97 Å². The van der Waals surface area contributed by atoms with Gasteiger partial charge in [0.15, 0.2) is 0 Å². The third-order valence-corrected chi connectivity index (χ3v) is 1.79. The fourth-order valence-corrected chi connectivity index (χ4v) is 1.40. The molecule has 76 valence electrons. The van der Waals surface area contributed by atoms with Crippen molar-refractivity contribution in [3.05, 3.63) is 10.1 Å². The van der Waals surface area contributed by atoms with E-state index in [1.54, 1.807) is 13.8 Å². The molecule has 0 aromatic heterocycles. The van der Waals surface area contributed by atoms with Crippen LogP contribution in [0.2, 0.25) is 0 Å². The molecule has 0 aromatic carbocycles. The third-order valence-electron chi connectivity index (χ3n) is 1.79. The summed E-state index contributed by atoms with van der Waals surface area (Å²) in [5, 5.41) is 18.5. The first kappa shape index (κ1) is 11.9. The van der Waals surface area contributed by atoms with E-state index in [2.05, 4.69) is 0 Å². The Morgan fingerprint density at radius 3 is 2.38 bits per heavy atom. The molecular weight excluding hydrogens is 174 g/mol. The lowest BCUT2D eigenvalue weighted by Gasteiger charge is -2.11. The third kappa shape index (κ3) is 7.24. The highest BCUT2D eigenvalue weighted by Crippen LogP contribution is 2.14. The molecule has 0 saturated heterocycles. The highest BCUT2D eigenvalue weighted by Gasteiger charge is 2.15. The number of carbonyl (C=O) groups is 1. The first-order valence-corrected chi connectivity index (χ1v) is 4.25. The number of hydrogen-bond acceptors (Lipinski definition) is 3. The fraction of sp³-hybridized carbons (Fsp3) is 0.875. The molecule has 0 radical (unpaired) electrons. The summed E-state index contributed by atoms with van der Waals surface area (Å²) in [4.78, 5) is 20.0. The topological polar surface area (TPSA) is 80.4 Å². The Kier molecular flexibility index (Phi) is 5.03. The van der Waals surface area contributed by atoms with Gasteiger partial charge < -0.3 is 5.11 Å². The van der Waals surface area contributed by atoms with Crippen molar-refractivity contribution in [2.75, 3.05) is 6.54 Å². The molecule has 5 nitrogen and oxygen atoms in total. The molecule has 5 heteroatoms. The molecule has 2 atom stereocenters. The van der Waals surface area contributed by atoms with Crippen LogP contribution in [-0.4, -0.2) is 22.5 Å². The molecule has 1 N–H and O–H groups in total. The number of carboxylic acid groups (broad SMARTS) is 1. The molecule has 0 amide bonds. The molecule has 0 aliphatic rings. The molecule has 0 spiro atoms. The van der Waals surface area contributed by atoms with Gasteiger partial charge in [0.05, 0.1) is 0 Å². The molecule has 0 bridgehead atoms. The van der Waals surface area contributed by atoms with Crippen LogP contribution in [0.4, 0.5) is 0 Å². The second-order valence-electron chi connectivity index (χ2n) is 3.56. The SMILES string of the molecule is C[C@H](C[C@@H](C)CC(=O)O)C[N+](=O)[O-]. The Morgan fingerprint density at radius 1 is 1.46 bits per heavy atom. The van der Waals surface area contributed by atoms with Crippen molar-refractivity contribution in [1.82, 2.24) is 0 Å². The normalized spacial score (nSPS) is 14.9. The Bertz CT molecular complexity index is 173. The lowest BCUT2D eigenvalue weighted by Crippen LogP contribution is -2.15. The number of nitro groups is 1. The van der Waals surface area contributed by atoms with Crippen molar-refractivity contribution < 1.29 is 14.8 Å². The second-order valence-corrected chi connectivity index (χ2v) is 3.56. The minimum absolute atomic E-state index is 0.00690. The largest absolute Gasteiger partial charge is 0.481 e. The van der Waals surface area contributed by atoms with Gasteiger partial charge in [0, 0.05) is 17.3 Å². The van der Waals surface area contributed by atoms with Gasteiger partial charge in [-0.25, -0.2) is 0 Å². The van der Waals surface area contributed by atoms with Crippen LogP contribution in [0, 0.1) is 22.0 Å². The van der Waals surface area contributed by atoms with Gasteiger partial charge in [-0.15, -0.1) is 0 Å². The van der Waals surface area contributed by atoms with Gasteiger partial charge in [0.2, 0.25) is 6.54 Å². The Morgan fingerprint density at radius 2 is 2.00 bits per heavy atom. The van der Waals surface area contributed by atoms with Crippen LogP contribution in [0.1, 0.15) is 26.7 Å². The highest BCUT2D eigenvalue weighted by molar-refractivity contribution is 5.66. The monoisotopic (exact) mass is 189 g/mol. The predicted molar refractivity (Wildman–Crippen MR) is 47.1 cm³/mol. The van der Waals surface area contributed by atoms with Crippen LogP contribution >= 0.6 is 0 Å². The first-order valence-electron chi connectivity index (χ1n) is 4.25. The van der Waals surface area contributed by atoms with Crippen molar-refractivity contribution >= 4 is 5.97 Å². The standard InChI is InChI=1S/C8H15NO4/c1-6(4-8(10)11)3-7(2)5-9(12)13/h6-7H,3-5H2,1-2H3,(H,10,11)/t6-,7-/m1/s1. The van der Waals surface area contributed by atoms with E-state index < -0.39 is 5.97 Å². The molecule has 0 rings (SSSR count). The number of hydrogen-bond donors (Lipinski definition) is 1. The van der Waals surface area contributed by atoms with Gasteiger partial charge in [-0.05, 0) is 12.3 Å². The molecule has 0 saturated carbocycles. The molecule has 13 heavy (non-hydrogen) atoms.